The summed E-state index contributed by atoms with van der Waals surface area (Å²) in [5.41, 5.74) is -1.61. The topological polar surface area (TPSA) is 57.5 Å². The Morgan fingerprint density at radius 3 is 2.00 bits per heavy atom. The summed E-state index contributed by atoms with van der Waals surface area (Å²) in [6.07, 6.45) is 0.173. The van der Waals surface area contributed by atoms with Crippen LogP contribution in [0.2, 0.25) is 0 Å². The van der Waals surface area contributed by atoms with Gasteiger partial charge in [-0.25, -0.2) is 4.79 Å². The van der Waals surface area contributed by atoms with Crippen molar-refractivity contribution < 1.29 is 15.0 Å². The van der Waals surface area contributed by atoms with E-state index in [2.05, 4.69) is 0 Å². The van der Waals surface area contributed by atoms with E-state index >= 15 is 0 Å². The van der Waals surface area contributed by atoms with Gasteiger partial charge in [0, 0.05) is 0 Å². The van der Waals surface area contributed by atoms with Gasteiger partial charge in [-0.2, -0.15) is 0 Å². The predicted molar refractivity (Wildman–Crippen MR) is 43.0 cm³/mol. The molecule has 0 spiro atoms. The first-order valence-corrected chi connectivity index (χ1v) is 3.85. The highest BCUT2D eigenvalue weighted by Gasteiger charge is 2.49. The molecule has 0 bridgehead atoms. The van der Waals surface area contributed by atoms with E-state index in [1.54, 1.807) is 6.92 Å². The summed E-state index contributed by atoms with van der Waals surface area (Å²) in [6, 6.07) is 0. The quantitative estimate of drug-likeness (QED) is 0.678. The Morgan fingerprint density at radius 2 is 1.91 bits per heavy atom. The molecule has 0 aliphatic rings. The Kier molecular flexibility index (Phi) is 3.17. The van der Waals surface area contributed by atoms with Gasteiger partial charge in [0.05, 0.1) is 0 Å². The molecule has 0 saturated carbocycles. The molecule has 0 aromatic rings. The van der Waals surface area contributed by atoms with Crippen LogP contribution in [0, 0.1) is 0 Å². The van der Waals surface area contributed by atoms with Crippen LogP contribution in [0.1, 0.15) is 20.3 Å². The van der Waals surface area contributed by atoms with Crippen LogP contribution < -0.4 is 0 Å². The molecule has 0 aliphatic heterocycles. The van der Waals surface area contributed by atoms with Crippen molar-refractivity contribution in [1.29, 1.82) is 0 Å². The summed E-state index contributed by atoms with van der Waals surface area (Å²) >= 11 is 10.8. The van der Waals surface area contributed by atoms with E-state index in [0.29, 0.717) is 0 Å². The highest BCUT2D eigenvalue weighted by atomic mass is 35.5. The van der Waals surface area contributed by atoms with Gasteiger partial charge < -0.3 is 10.2 Å². The number of rotatable bonds is 3. The molecule has 2 N–H and O–H groups in total. The van der Waals surface area contributed by atoms with Gasteiger partial charge in [0.25, 0.3) is 0 Å². The highest BCUT2D eigenvalue weighted by molar-refractivity contribution is 6.58. The lowest BCUT2D eigenvalue weighted by molar-refractivity contribution is -0.143. The minimum atomic E-state index is -2.14. The molecule has 0 amide bonds. The Labute approximate surface area is 74.9 Å². The molecular formula is C6H10Cl2O3. The molecule has 0 radical (unpaired) electrons. The van der Waals surface area contributed by atoms with Crippen LogP contribution in [0.3, 0.4) is 0 Å². The van der Waals surface area contributed by atoms with Gasteiger partial charge in [-0.1, -0.05) is 30.1 Å². The Hall–Kier alpha value is 0.01000. The first-order chi connectivity index (χ1) is 4.75. The van der Waals surface area contributed by atoms with Gasteiger partial charge in [0.15, 0.2) is 0 Å². The third-order valence-electron chi connectivity index (χ3n) is 1.63. The van der Waals surface area contributed by atoms with Crippen molar-refractivity contribution in [1.82, 2.24) is 0 Å². The lowest BCUT2D eigenvalue weighted by Gasteiger charge is -2.30. The number of alkyl halides is 2. The third kappa shape index (κ3) is 1.98. The van der Waals surface area contributed by atoms with Crippen molar-refractivity contribution in [3.05, 3.63) is 0 Å². The minimum Gasteiger partial charge on any atom is -0.479 e. The number of hydrogen-bond donors (Lipinski definition) is 2. The van der Waals surface area contributed by atoms with Gasteiger partial charge in [-0.15, -0.1) is 0 Å². The summed E-state index contributed by atoms with van der Waals surface area (Å²) in [4.78, 5) is 10.4. The summed E-state index contributed by atoms with van der Waals surface area (Å²) in [5.74, 6) is -1.44. The molecule has 0 saturated heterocycles. The van der Waals surface area contributed by atoms with Crippen molar-refractivity contribution in [2.45, 2.75) is 30.2 Å². The summed E-state index contributed by atoms with van der Waals surface area (Å²) in [5, 5.41) is 17.9. The normalized spacial score (nSPS) is 17.5. The molecule has 0 aromatic heterocycles. The third-order valence-corrected chi connectivity index (χ3v) is 2.77. The number of aliphatic hydroxyl groups is 1. The van der Waals surface area contributed by atoms with E-state index in [4.69, 9.17) is 28.3 Å². The second-order valence-corrected chi connectivity index (χ2v) is 3.83. The summed E-state index contributed by atoms with van der Waals surface area (Å²) < 4.78 is -2.14. The lowest BCUT2D eigenvalue weighted by Crippen LogP contribution is -2.48. The van der Waals surface area contributed by atoms with Crippen molar-refractivity contribution in [3.63, 3.8) is 0 Å². The fourth-order valence-corrected chi connectivity index (χ4v) is 0.720. The van der Waals surface area contributed by atoms with E-state index in [0.717, 1.165) is 0 Å². The van der Waals surface area contributed by atoms with Gasteiger partial charge in [0.2, 0.25) is 4.33 Å². The fraction of sp³-hybridized carbons (Fsp3) is 0.833. The zero-order valence-corrected chi connectivity index (χ0v) is 7.78. The molecule has 0 aromatic carbocycles. The van der Waals surface area contributed by atoms with Crippen LogP contribution in [0.5, 0.6) is 0 Å². The molecule has 5 heteroatoms. The SMILES string of the molecule is CCC(C)(O)C(Cl)(Cl)C(=O)O. The minimum absolute atomic E-state index is 0.173. The number of carboxylic acids is 1. The molecule has 0 heterocycles. The smallest absolute Gasteiger partial charge is 0.343 e. The monoisotopic (exact) mass is 200 g/mol. The van der Waals surface area contributed by atoms with Gasteiger partial charge in [-0.05, 0) is 13.3 Å². The molecule has 1 atom stereocenters. The predicted octanol–water partition coefficient (Wildman–Crippen LogP) is 1.41. The van der Waals surface area contributed by atoms with E-state index in [1.807, 2.05) is 0 Å². The average molecular weight is 201 g/mol. The maximum Gasteiger partial charge on any atom is 0.343 e. The number of hydrogen-bond acceptors (Lipinski definition) is 2. The van der Waals surface area contributed by atoms with Crippen LogP contribution in [-0.4, -0.2) is 26.1 Å². The van der Waals surface area contributed by atoms with Crippen molar-refractivity contribution in [3.8, 4) is 0 Å². The van der Waals surface area contributed by atoms with E-state index in [9.17, 15) is 9.90 Å². The Morgan fingerprint density at radius 1 is 1.55 bits per heavy atom. The first kappa shape index (κ1) is 11.0. The lowest BCUT2D eigenvalue weighted by atomic mass is 9.98. The fourth-order valence-electron chi connectivity index (χ4n) is 0.452. The number of carboxylic acid groups (broad SMARTS) is 1. The van der Waals surface area contributed by atoms with Crippen LogP contribution >= 0.6 is 23.2 Å². The molecule has 11 heavy (non-hydrogen) atoms. The van der Waals surface area contributed by atoms with Gasteiger partial charge in [-0.3, -0.25) is 0 Å². The highest BCUT2D eigenvalue weighted by Crippen LogP contribution is 2.36. The summed E-state index contributed by atoms with van der Waals surface area (Å²) in [7, 11) is 0. The Balaban J connectivity index is 4.67. The average Bonchev–Trinajstić information content (AvgIpc) is 1.87. The van der Waals surface area contributed by atoms with E-state index < -0.39 is 15.9 Å². The number of aliphatic carboxylic acids is 1. The van der Waals surface area contributed by atoms with Gasteiger partial charge >= 0.3 is 5.97 Å². The first-order valence-electron chi connectivity index (χ1n) is 3.09. The number of halogens is 2. The zero-order chi connectivity index (χ0) is 9.28. The van der Waals surface area contributed by atoms with Crippen LogP contribution in [0.4, 0.5) is 0 Å². The molecule has 0 rings (SSSR count). The maximum atomic E-state index is 10.4. The molecule has 0 aliphatic carbocycles. The molecule has 66 valence electrons. The Bertz CT molecular complexity index is 165. The van der Waals surface area contributed by atoms with Crippen LogP contribution in [0.15, 0.2) is 0 Å². The van der Waals surface area contributed by atoms with Crippen molar-refractivity contribution in [2.75, 3.05) is 0 Å². The zero-order valence-electron chi connectivity index (χ0n) is 6.27. The number of carbonyl (C=O) groups is 1. The molecule has 1 unspecified atom stereocenters. The molecule has 0 fully saturated rings. The van der Waals surface area contributed by atoms with Crippen LogP contribution in [-0.2, 0) is 4.79 Å². The standard InChI is InChI=1S/C6H10Cl2O3/c1-3-5(2,11)6(7,8)4(9)10/h11H,3H2,1-2H3,(H,9,10). The van der Waals surface area contributed by atoms with E-state index in [-0.39, 0.29) is 6.42 Å². The summed E-state index contributed by atoms with van der Waals surface area (Å²) in [6.45, 7) is 2.88. The maximum absolute atomic E-state index is 10.4. The van der Waals surface area contributed by atoms with E-state index in [1.165, 1.54) is 6.92 Å². The molecular weight excluding hydrogens is 191 g/mol. The van der Waals surface area contributed by atoms with Gasteiger partial charge in [0.1, 0.15) is 5.60 Å². The largest absolute Gasteiger partial charge is 0.479 e. The second-order valence-electron chi connectivity index (χ2n) is 2.51. The molecule has 3 nitrogen and oxygen atoms in total. The van der Waals surface area contributed by atoms with Crippen LogP contribution in [0.25, 0.3) is 0 Å². The van der Waals surface area contributed by atoms with Crippen molar-refractivity contribution >= 4 is 29.2 Å². The second kappa shape index (κ2) is 3.17. The van der Waals surface area contributed by atoms with Crippen molar-refractivity contribution in [2.24, 2.45) is 0 Å².